The average Bonchev–Trinajstić information content (AvgIpc) is 3.37. The van der Waals surface area contributed by atoms with Crippen molar-refractivity contribution in [1.29, 1.82) is 0 Å². The summed E-state index contributed by atoms with van der Waals surface area (Å²) in [5, 5.41) is 12.6. The number of aromatic nitrogens is 3. The molecular formula is C17H13N3O3S2. The molecule has 0 fully saturated rings. The summed E-state index contributed by atoms with van der Waals surface area (Å²) >= 11 is 3.09. The number of carbonyl (C=O) groups excluding carboxylic acids is 1. The van der Waals surface area contributed by atoms with E-state index >= 15 is 0 Å². The highest BCUT2D eigenvalue weighted by Gasteiger charge is 2.12. The maximum absolute atomic E-state index is 11.9. The second-order valence-corrected chi connectivity index (χ2v) is 7.14. The first-order chi connectivity index (χ1) is 12.3. The van der Waals surface area contributed by atoms with Gasteiger partial charge in [0.1, 0.15) is 11.6 Å². The molecule has 0 spiro atoms. The molecule has 8 heteroatoms. The van der Waals surface area contributed by atoms with Crippen molar-refractivity contribution in [3.63, 3.8) is 0 Å². The third-order valence-corrected chi connectivity index (χ3v) is 5.17. The third-order valence-electron chi connectivity index (χ3n) is 3.47. The summed E-state index contributed by atoms with van der Waals surface area (Å²) < 4.78 is 11.9. The van der Waals surface area contributed by atoms with Crippen LogP contribution in [0.5, 0.6) is 0 Å². The Bertz CT molecular complexity index is 959. The summed E-state index contributed by atoms with van der Waals surface area (Å²) in [6.45, 7) is 0.183. The molecule has 0 atom stereocenters. The summed E-state index contributed by atoms with van der Waals surface area (Å²) in [6, 6.07) is 9.75. The van der Waals surface area contributed by atoms with Gasteiger partial charge in [0.2, 0.25) is 11.8 Å². The van der Waals surface area contributed by atoms with E-state index in [1.807, 2.05) is 41.1 Å². The van der Waals surface area contributed by atoms with Crippen LogP contribution in [0.25, 0.3) is 21.7 Å². The Labute approximate surface area is 151 Å². The third kappa shape index (κ3) is 3.75. The van der Waals surface area contributed by atoms with Crippen molar-refractivity contribution in [3.05, 3.63) is 52.0 Å². The number of nitrogens with zero attached hydrogens (tertiary/aromatic N) is 3. The predicted octanol–water partition coefficient (Wildman–Crippen LogP) is 4.08. The van der Waals surface area contributed by atoms with Crippen LogP contribution in [-0.4, -0.2) is 21.2 Å². The standard InChI is InChI=1S/C17H13N3O3S2/c21-16(22-9-15-18-12-3-1-2-4-13(12)25-15)6-5-14-19-20-17(23-14)11-7-8-24-10-11/h1-4,7-8,10H,5-6,9H2. The highest BCUT2D eigenvalue weighted by atomic mass is 32.1. The molecule has 25 heavy (non-hydrogen) atoms. The van der Waals surface area contributed by atoms with E-state index in [4.69, 9.17) is 9.15 Å². The molecule has 0 aliphatic carbocycles. The molecule has 4 rings (SSSR count). The minimum Gasteiger partial charge on any atom is -0.458 e. The van der Waals surface area contributed by atoms with Gasteiger partial charge in [0.15, 0.2) is 0 Å². The molecule has 3 heterocycles. The SMILES string of the molecule is O=C(CCc1nnc(-c2ccsc2)o1)OCc1nc2ccccc2s1. The first-order valence-corrected chi connectivity index (χ1v) is 9.39. The van der Waals surface area contributed by atoms with Crippen LogP contribution < -0.4 is 0 Å². The molecule has 6 nitrogen and oxygen atoms in total. The number of para-hydroxylation sites is 1. The zero-order valence-corrected chi connectivity index (χ0v) is 14.7. The molecular weight excluding hydrogens is 358 g/mol. The second kappa shape index (κ2) is 7.12. The van der Waals surface area contributed by atoms with E-state index in [0.29, 0.717) is 18.2 Å². The van der Waals surface area contributed by atoms with Crippen LogP contribution in [0.2, 0.25) is 0 Å². The van der Waals surface area contributed by atoms with Crippen molar-refractivity contribution in [3.8, 4) is 11.5 Å². The molecule has 0 saturated carbocycles. The van der Waals surface area contributed by atoms with Gasteiger partial charge >= 0.3 is 5.97 Å². The van der Waals surface area contributed by atoms with E-state index in [9.17, 15) is 4.79 Å². The van der Waals surface area contributed by atoms with E-state index in [0.717, 1.165) is 20.8 Å². The van der Waals surface area contributed by atoms with Crippen molar-refractivity contribution < 1.29 is 13.9 Å². The van der Waals surface area contributed by atoms with Crippen molar-refractivity contribution >= 4 is 38.9 Å². The van der Waals surface area contributed by atoms with E-state index in [-0.39, 0.29) is 19.0 Å². The largest absolute Gasteiger partial charge is 0.458 e. The summed E-state index contributed by atoms with van der Waals surface area (Å²) in [5.74, 6) is 0.590. The molecule has 126 valence electrons. The lowest BCUT2D eigenvalue weighted by atomic mass is 10.3. The maximum atomic E-state index is 11.9. The number of hydrogen-bond acceptors (Lipinski definition) is 8. The number of fused-ring (bicyclic) bond motifs is 1. The van der Waals surface area contributed by atoms with Gasteiger partial charge in [-0.1, -0.05) is 12.1 Å². The topological polar surface area (TPSA) is 78.1 Å². The molecule has 1 aromatic carbocycles. The van der Waals surface area contributed by atoms with Crippen LogP contribution >= 0.6 is 22.7 Å². The van der Waals surface area contributed by atoms with Gasteiger partial charge in [-0.25, -0.2) is 4.98 Å². The zero-order valence-electron chi connectivity index (χ0n) is 13.0. The minimum absolute atomic E-state index is 0.183. The Kier molecular flexibility index (Phi) is 4.53. The lowest BCUT2D eigenvalue weighted by Crippen LogP contribution is -2.06. The Balaban J connectivity index is 1.29. The van der Waals surface area contributed by atoms with Crippen LogP contribution in [0, 0.1) is 0 Å². The van der Waals surface area contributed by atoms with Crippen LogP contribution in [0.15, 0.2) is 45.5 Å². The number of rotatable bonds is 6. The van der Waals surface area contributed by atoms with E-state index in [1.165, 1.54) is 11.3 Å². The number of esters is 1. The lowest BCUT2D eigenvalue weighted by molar-refractivity contribution is -0.145. The van der Waals surface area contributed by atoms with Crippen molar-refractivity contribution in [2.24, 2.45) is 0 Å². The Hall–Kier alpha value is -2.58. The number of carbonyl (C=O) groups is 1. The minimum atomic E-state index is -0.311. The quantitative estimate of drug-likeness (QED) is 0.475. The summed E-state index contributed by atoms with van der Waals surface area (Å²) in [5.41, 5.74) is 1.81. The van der Waals surface area contributed by atoms with Gasteiger partial charge in [0, 0.05) is 17.4 Å². The van der Waals surface area contributed by atoms with Crippen LogP contribution in [0.3, 0.4) is 0 Å². The smallest absolute Gasteiger partial charge is 0.306 e. The fraction of sp³-hybridized carbons (Fsp3) is 0.176. The highest BCUT2D eigenvalue weighted by molar-refractivity contribution is 7.18. The van der Waals surface area contributed by atoms with Gasteiger partial charge in [0.25, 0.3) is 0 Å². The van der Waals surface area contributed by atoms with E-state index < -0.39 is 0 Å². The fourth-order valence-electron chi connectivity index (χ4n) is 2.26. The maximum Gasteiger partial charge on any atom is 0.306 e. The number of benzene rings is 1. The zero-order chi connectivity index (χ0) is 17.1. The van der Waals surface area contributed by atoms with Crippen molar-refractivity contribution in [2.75, 3.05) is 0 Å². The number of thiazole rings is 1. The van der Waals surface area contributed by atoms with Crippen molar-refractivity contribution in [2.45, 2.75) is 19.4 Å². The highest BCUT2D eigenvalue weighted by Crippen LogP contribution is 2.23. The lowest BCUT2D eigenvalue weighted by Gasteiger charge is -2.00. The molecule has 0 N–H and O–H groups in total. The molecule has 4 aromatic rings. The first-order valence-electron chi connectivity index (χ1n) is 7.63. The van der Waals surface area contributed by atoms with Gasteiger partial charge < -0.3 is 9.15 Å². The predicted molar refractivity (Wildman–Crippen MR) is 95.3 cm³/mol. The van der Waals surface area contributed by atoms with E-state index in [2.05, 4.69) is 15.2 Å². The molecule has 0 saturated heterocycles. The monoisotopic (exact) mass is 371 g/mol. The fourth-order valence-corrected chi connectivity index (χ4v) is 3.77. The molecule has 0 unspecified atom stereocenters. The average molecular weight is 371 g/mol. The van der Waals surface area contributed by atoms with Crippen LogP contribution in [0.1, 0.15) is 17.3 Å². The number of aryl methyl sites for hydroxylation is 1. The number of ether oxygens (including phenoxy) is 1. The summed E-state index contributed by atoms with van der Waals surface area (Å²) in [7, 11) is 0. The summed E-state index contributed by atoms with van der Waals surface area (Å²) in [6.07, 6.45) is 0.548. The Morgan fingerprint density at radius 2 is 2.12 bits per heavy atom. The van der Waals surface area contributed by atoms with Crippen LogP contribution in [-0.2, 0) is 22.6 Å². The number of thiophene rings is 1. The molecule has 0 aliphatic rings. The molecule has 0 bridgehead atoms. The van der Waals surface area contributed by atoms with Crippen molar-refractivity contribution in [1.82, 2.24) is 15.2 Å². The Morgan fingerprint density at radius 1 is 1.20 bits per heavy atom. The van der Waals surface area contributed by atoms with Gasteiger partial charge in [-0.05, 0) is 23.6 Å². The normalized spacial score (nSPS) is 11.0. The van der Waals surface area contributed by atoms with E-state index in [1.54, 1.807) is 11.3 Å². The van der Waals surface area contributed by atoms with Crippen LogP contribution in [0.4, 0.5) is 0 Å². The van der Waals surface area contributed by atoms with Gasteiger partial charge in [0.05, 0.1) is 16.6 Å². The first kappa shape index (κ1) is 15.9. The second-order valence-electron chi connectivity index (χ2n) is 5.25. The Morgan fingerprint density at radius 3 is 2.96 bits per heavy atom. The summed E-state index contributed by atoms with van der Waals surface area (Å²) in [4.78, 5) is 16.3. The van der Waals surface area contributed by atoms with Gasteiger partial charge in [-0.15, -0.1) is 21.5 Å². The molecule has 0 aliphatic heterocycles. The number of hydrogen-bond donors (Lipinski definition) is 0. The van der Waals surface area contributed by atoms with Gasteiger partial charge in [-0.3, -0.25) is 4.79 Å². The molecule has 0 amide bonds. The van der Waals surface area contributed by atoms with Gasteiger partial charge in [-0.2, -0.15) is 11.3 Å². The molecule has 0 radical (unpaired) electrons. The molecule has 3 aromatic heterocycles.